The zero-order chi connectivity index (χ0) is 13.9. The third kappa shape index (κ3) is 3.88. The molecule has 0 aromatic heterocycles. The summed E-state index contributed by atoms with van der Waals surface area (Å²) in [5, 5.41) is 7.43. The van der Waals surface area contributed by atoms with Crippen LogP contribution in [0.25, 0.3) is 0 Å². The van der Waals surface area contributed by atoms with Gasteiger partial charge in [0.25, 0.3) is 0 Å². The highest BCUT2D eigenvalue weighted by molar-refractivity contribution is 7.99. The van der Waals surface area contributed by atoms with Crippen molar-refractivity contribution in [1.29, 1.82) is 0 Å². The van der Waals surface area contributed by atoms with Gasteiger partial charge in [-0.25, -0.2) is 0 Å². The molecule has 0 aromatic carbocycles. The first-order chi connectivity index (χ1) is 9.03. The zero-order valence-corrected chi connectivity index (χ0v) is 13.3. The Balaban J connectivity index is 1.84. The monoisotopic (exact) mass is 284 g/mol. The molecular weight excluding hydrogens is 256 g/mol. The number of carbonyl (C=O) groups excluding carboxylic acids is 1. The molecule has 110 valence electrons. The number of rotatable bonds is 4. The fourth-order valence-corrected chi connectivity index (χ4v) is 4.54. The SMILES string of the molecule is CCSC1CCC(NC(=O)C2NCCCC2(C)C)C1. The van der Waals surface area contributed by atoms with E-state index in [2.05, 4.69) is 31.4 Å². The molecule has 3 nitrogen and oxygen atoms in total. The van der Waals surface area contributed by atoms with E-state index in [4.69, 9.17) is 0 Å². The summed E-state index contributed by atoms with van der Waals surface area (Å²) in [4.78, 5) is 12.5. The molecule has 1 aliphatic carbocycles. The van der Waals surface area contributed by atoms with E-state index in [1.807, 2.05) is 11.8 Å². The molecule has 0 radical (unpaired) electrons. The van der Waals surface area contributed by atoms with Gasteiger partial charge in [0.15, 0.2) is 0 Å². The highest BCUT2D eigenvalue weighted by Crippen LogP contribution is 2.32. The van der Waals surface area contributed by atoms with E-state index in [0.717, 1.165) is 31.1 Å². The lowest BCUT2D eigenvalue weighted by molar-refractivity contribution is -0.127. The van der Waals surface area contributed by atoms with Gasteiger partial charge in [0, 0.05) is 11.3 Å². The van der Waals surface area contributed by atoms with Gasteiger partial charge in [-0.3, -0.25) is 4.79 Å². The summed E-state index contributed by atoms with van der Waals surface area (Å²) in [6, 6.07) is 0.384. The van der Waals surface area contributed by atoms with E-state index < -0.39 is 0 Å². The summed E-state index contributed by atoms with van der Waals surface area (Å²) in [5.41, 5.74) is 0.0819. The van der Waals surface area contributed by atoms with Crippen molar-refractivity contribution >= 4 is 17.7 Å². The van der Waals surface area contributed by atoms with Gasteiger partial charge >= 0.3 is 0 Å². The van der Waals surface area contributed by atoms with Gasteiger partial charge < -0.3 is 10.6 Å². The Kier molecular flexibility index (Phi) is 5.18. The molecule has 1 heterocycles. The van der Waals surface area contributed by atoms with Crippen LogP contribution in [0.2, 0.25) is 0 Å². The molecule has 0 aromatic rings. The van der Waals surface area contributed by atoms with Crippen LogP contribution in [0.5, 0.6) is 0 Å². The van der Waals surface area contributed by atoms with Crippen LogP contribution in [0.4, 0.5) is 0 Å². The number of carbonyl (C=O) groups is 1. The molecular formula is C15H28N2OS. The van der Waals surface area contributed by atoms with Gasteiger partial charge in [-0.15, -0.1) is 0 Å². The summed E-state index contributed by atoms with van der Waals surface area (Å²) in [6.07, 6.45) is 5.87. The van der Waals surface area contributed by atoms with Gasteiger partial charge in [-0.05, 0) is 49.8 Å². The topological polar surface area (TPSA) is 41.1 Å². The number of thioether (sulfide) groups is 1. The normalized spacial score (nSPS) is 34.2. The zero-order valence-electron chi connectivity index (χ0n) is 12.5. The van der Waals surface area contributed by atoms with Crippen molar-refractivity contribution in [2.75, 3.05) is 12.3 Å². The largest absolute Gasteiger partial charge is 0.352 e. The van der Waals surface area contributed by atoms with E-state index in [1.165, 1.54) is 18.6 Å². The van der Waals surface area contributed by atoms with Gasteiger partial charge in [0.1, 0.15) is 0 Å². The maximum absolute atomic E-state index is 12.5. The van der Waals surface area contributed by atoms with Crippen LogP contribution in [-0.2, 0) is 4.79 Å². The van der Waals surface area contributed by atoms with Crippen LogP contribution in [-0.4, -0.2) is 35.5 Å². The molecule has 2 N–H and O–H groups in total. The second kappa shape index (κ2) is 6.49. The number of hydrogen-bond donors (Lipinski definition) is 2. The summed E-state index contributed by atoms with van der Waals surface area (Å²) in [7, 11) is 0. The maximum atomic E-state index is 12.5. The van der Waals surface area contributed by atoms with Gasteiger partial charge in [-0.1, -0.05) is 20.8 Å². The third-order valence-electron chi connectivity index (χ3n) is 4.52. The van der Waals surface area contributed by atoms with Crippen LogP contribution in [0.3, 0.4) is 0 Å². The molecule has 0 spiro atoms. The lowest BCUT2D eigenvalue weighted by Crippen LogP contribution is -2.56. The molecule has 2 rings (SSSR count). The second-order valence-corrected chi connectivity index (χ2v) is 8.15. The van der Waals surface area contributed by atoms with E-state index in [0.29, 0.717) is 6.04 Å². The smallest absolute Gasteiger partial charge is 0.237 e. The highest BCUT2D eigenvalue weighted by Gasteiger charge is 2.38. The number of piperidine rings is 1. The van der Waals surface area contributed by atoms with Crippen molar-refractivity contribution in [2.45, 2.75) is 70.2 Å². The number of amides is 1. The van der Waals surface area contributed by atoms with Crippen LogP contribution >= 0.6 is 11.8 Å². The second-order valence-electron chi connectivity index (χ2n) is 6.58. The van der Waals surface area contributed by atoms with Crippen molar-refractivity contribution in [1.82, 2.24) is 10.6 Å². The van der Waals surface area contributed by atoms with E-state index in [1.54, 1.807) is 0 Å². The minimum absolute atomic E-state index is 0.0147. The van der Waals surface area contributed by atoms with Crippen molar-refractivity contribution < 1.29 is 4.79 Å². The summed E-state index contributed by atoms with van der Waals surface area (Å²) < 4.78 is 0. The van der Waals surface area contributed by atoms with Crippen LogP contribution in [0, 0.1) is 5.41 Å². The first-order valence-corrected chi connectivity index (χ1v) is 8.73. The molecule has 3 atom stereocenters. The Morgan fingerprint density at radius 3 is 2.89 bits per heavy atom. The molecule has 1 saturated carbocycles. The molecule has 1 amide bonds. The molecule has 2 aliphatic rings. The molecule has 1 saturated heterocycles. The summed E-state index contributed by atoms with van der Waals surface area (Å²) >= 11 is 2.04. The molecule has 0 bridgehead atoms. The van der Waals surface area contributed by atoms with Crippen molar-refractivity contribution in [3.05, 3.63) is 0 Å². The number of nitrogens with one attached hydrogen (secondary N) is 2. The Hall–Kier alpha value is -0.220. The minimum atomic E-state index is -0.0147. The quantitative estimate of drug-likeness (QED) is 0.833. The van der Waals surface area contributed by atoms with Gasteiger partial charge in [0.05, 0.1) is 6.04 Å². The molecule has 3 unspecified atom stereocenters. The molecule has 4 heteroatoms. The lowest BCUT2D eigenvalue weighted by atomic mass is 9.77. The predicted molar refractivity (Wildman–Crippen MR) is 82.5 cm³/mol. The van der Waals surface area contributed by atoms with Gasteiger partial charge in [-0.2, -0.15) is 11.8 Å². The van der Waals surface area contributed by atoms with E-state index in [-0.39, 0.29) is 17.4 Å². The Bertz CT molecular complexity index is 319. The third-order valence-corrected chi connectivity index (χ3v) is 5.76. The average molecular weight is 284 g/mol. The first-order valence-electron chi connectivity index (χ1n) is 7.68. The minimum Gasteiger partial charge on any atom is -0.352 e. The van der Waals surface area contributed by atoms with Crippen LogP contribution in [0.15, 0.2) is 0 Å². The number of hydrogen-bond acceptors (Lipinski definition) is 3. The lowest BCUT2D eigenvalue weighted by Gasteiger charge is -2.38. The molecule has 1 aliphatic heterocycles. The highest BCUT2D eigenvalue weighted by atomic mass is 32.2. The fraction of sp³-hybridized carbons (Fsp3) is 0.933. The predicted octanol–water partition coefficient (Wildman–Crippen LogP) is 2.55. The Morgan fingerprint density at radius 2 is 2.21 bits per heavy atom. The van der Waals surface area contributed by atoms with E-state index >= 15 is 0 Å². The summed E-state index contributed by atoms with van der Waals surface area (Å²) in [5.74, 6) is 1.40. The fourth-order valence-electron chi connectivity index (χ4n) is 3.40. The van der Waals surface area contributed by atoms with Crippen molar-refractivity contribution in [3.8, 4) is 0 Å². The van der Waals surface area contributed by atoms with Crippen molar-refractivity contribution in [3.63, 3.8) is 0 Å². The van der Waals surface area contributed by atoms with Crippen molar-refractivity contribution in [2.24, 2.45) is 5.41 Å². The van der Waals surface area contributed by atoms with Crippen LogP contribution < -0.4 is 10.6 Å². The van der Waals surface area contributed by atoms with E-state index in [9.17, 15) is 4.79 Å². The maximum Gasteiger partial charge on any atom is 0.237 e. The Morgan fingerprint density at radius 1 is 1.42 bits per heavy atom. The average Bonchev–Trinajstić information content (AvgIpc) is 2.76. The summed E-state index contributed by atoms with van der Waals surface area (Å²) in [6.45, 7) is 7.59. The standard InChI is InChI=1S/C15H28N2OS/c1-4-19-12-7-6-11(10-12)17-14(18)13-15(2,3)8-5-9-16-13/h11-13,16H,4-10H2,1-3H3,(H,17,18). The molecule has 2 fully saturated rings. The van der Waals surface area contributed by atoms with Gasteiger partial charge in [0.2, 0.25) is 5.91 Å². The molecule has 19 heavy (non-hydrogen) atoms. The first kappa shape index (κ1) is 15.2. The van der Waals surface area contributed by atoms with Crippen LogP contribution in [0.1, 0.15) is 52.9 Å². The Labute approximate surface area is 121 Å².